The number of ether oxygens (including phenoxy) is 1. The largest absolute Gasteiger partial charge is 0.378 e. The van der Waals surface area contributed by atoms with Crippen molar-refractivity contribution in [3.63, 3.8) is 0 Å². The van der Waals surface area contributed by atoms with Gasteiger partial charge in [0.25, 0.3) is 6.43 Å². The monoisotopic (exact) mass is 629 g/mol. The van der Waals surface area contributed by atoms with E-state index in [1.165, 1.54) is 17.2 Å². The van der Waals surface area contributed by atoms with E-state index in [2.05, 4.69) is 31.5 Å². The Hall–Kier alpha value is -4.54. The van der Waals surface area contributed by atoms with Crippen LogP contribution in [0.4, 0.5) is 26.6 Å². The molecule has 0 saturated carbocycles. The maximum Gasteiger partial charge on any atom is 0.281 e. The van der Waals surface area contributed by atoms with Crippen LogP contribution < -0.4 is 15.5 Å². The molecule has 3 aliphatic heterocycles. The normalized spacial score (nSPS) is 19.1. The molecule has 0 radical (unpaired) electrons. The molecule has 1 unspecified atom stereocenters. The van der Waals surface area contributed by atoms with E-state index in [-0.39, 0.29) is 53.5 Å². The zero-order chi connectivity index (χ0) is 32.1. The van der Waals surface area contributed by atoms with Crippen molar-refractivity contribution >= 4 is 35.6 Å². The van der Waals surface area contributed by atoms with E-state index >= 15 is 0 Å². The average molecular weight is 630 g/mol. The maximum atomic E-state index is 13.9. The quantitative estimate of drug-likeness (QED) is 0.395. The van der Waals surface area contributed by atoms with Gasteiger partial charge in [0.15, 0.2) is 5.82 Å². The van der Waals surface area contributed by atoms with Gasteiger partial charge in [0.2, 0.25) is 35.6 Å². The summed E-state index contributed by atoms with van der Waals surface area (Å²) in [6.45, 7) is 7.71. The van der Waals surface area contributed by atoms with Crippen LogP contribution in [0.2, 0.25) is 0 Å². The summed E-state index contributed by atoms with van der Waals surface area (Å²) in [6.07, 6.45) is 0.860. The minimum atomic E-state index is -2.93. The fourth-order valence-corrected chi connectivity index (χ4v) is 5.62. The number of piperazine rings is 1. The van der Waals surface area contributed by atoms with Crippen molar-refractivity contribution in [1.29, 1.82) is 0 Å². The van der Waals surface area contributed by atoms with Gasteiger partial charge in [-0.05, 0) is 18.9 Å². The molecule has 17 heteroatoms. The summed E-state index contributed by atoms with van der Waals surface area (Å²) in [4.78, 5) is 68.0. The molecule has 1 atom stereocenters. The second-order valence-corrected chi connectivity index (χ2v) is 11.1. The molecule has 0 spiro atoms. The summed E-state index contributed by atoms with van der Waals surface area (Å²) in [6, 6.07) is 0. The molecule has 3 saturated heterocycles. The Bertz CT molecular complexity index is 1420. The first-order valence-corrected chi connectivity index (χ1v) is 14.8. The number of morpholine rings is 1. The van der Waals surface area contributed by atoms with E-state index in [0.717, 1.165) is 0 Å². The zero-order valence-corrected chi connectivity index (χ0v) is 25.1. The zero-order valence-electron chi connectivity index (χ0n) is 25.1. The third-order valence-corrected chi connectivity index (χ3v) is 8.11. The first-order chi connectivity index (χ1) is 21.6. The van der Waals surface area contributed by atoms with Crippen LogP contribution in [0.3, 0.4) is 0 Å². The SMILES string of the molecule is C=CC(=O)N1CCCC(C(=O)N(C)CC(=O)N2CCN(c3nc(-c4cnc(N)nc4C(F)F)nc(N4CCOCC4)n3)CC2)C1. The molecule has 0 aliphatic carbocycles. The second-order valence-electron chi connectivity index (χ2n) is 11.1. The van der Waals surface area contributed by atoms with Crippen molar-refractivity contribution in [3.8, 4) is 11.4 Å². The summed E-state index contributed by atoms with van der Waals surface area (Å²) in [5.74, 6) is -0.660. The average Bonchev–Trinajstić information content (AvgIpc) is 3.07. The molecular formula is C28H37F2N11O4. The molecule has 5 heterocycles. The van der Waals surface area contributed by atoms with Gasteiger partial charge in [-0.15, -0.1) is 0 Å². The minimum Gasteiger partial charge on any atom is -0.378 e. The fraction of sp³-hybridized carbons (Fsp3) is 0.571. The number of nitrogens with two attached hydrogens (primary N) is 1. The van der Waals surface area contributed by atoms with Gasteiger partial charge < -0.3 is 35.0 Å². The van der Waals surface area contributed by atoms with Crippen LogP contribution in [0.25, 0.3) is 11.4 Å². The second kappa shape index (κ2) is 14.0. The van der Waals surface area contributed by atoms with Crippen LogP contribution >= 0.6 is 0 Å². The standard InChI is InChI=1S/C28H37F2N11O4/c1-3-20(42)41-6-4-5-18(16-41)25(44)37(2)17-21(43)38-7-9-39(10-8-38)27-34-24(19-15-32-26(31)33-22(19)23(29)30)35-28(36-27)40-11-13-45-14-12-40/h3,15,18,23H,1,4-14,16-17H2,2H3,(H2,31,32,33). The molecule has 2 N–H and O–H groups in total. The predicted octanol–water partition coefficient (Wildman–Crippen LogP) is 0.217. The van der Waals surface area contributed by atoms with Crippen LogP contribution in [0.15, 0.2) is 18.9 Å². The number of nitrogen functional groups attached to an aromatic ring is 1. The van der Waals surface area contributed by atoms with E-state index in [1.807, 2.05) is 9.80 Å². The molecule has 5 rings (SSSR count). The van der Waals surface area contributed by atoms with Crippen molar-refractivity contribution < 1.29 is 27.9 Å². The van der Waals surface area contributed by atoms with Gasteiger partial charge >= 0.3 is 0 Å². The number of carbonyl (C=O) groups is 3. The number of piperidine rings is 1. The molecule has 3 aliphatic rings. The highest BCUT2D eigenvalue weighted by Gasteiger charge is 2.32. The van der Waals surface area contributed by atoms with Gasteiger partial charge in [0.1, 0.15) is 5.69 Å². The minimum absolute atomic E-state index is 0.00787. The number of aromatic nitrogens is 5. The molecule has 0 aromatic carbocycles. The summed E-state index contributed by atoms with van der Waals surface area (Å²) >= 11 is 0. The van der Waals surface area contributed by atoms with Crippen molar-refractivity contribution in [2.24, 2.45) is 5.92 Å². The molecular weight excluding hydrogens is 592 g/mol. The van der Waals surface area contributed by atoms with Crippen LogP contribution in [0, 0.1) is 5.92 Å². The molecule has 242 valence electrons. The summed E-state index contributed by atoms with van der Waals surface area (Å²) < 4.78 is 33.2. The Morgan fingerprint density at radius 1 is 1.02 bits per heavy atom. The number of halogens is 2. The van der Waals surface area contributed by atoms with Crippen LogP contribution in [-0.4, -0.2) is 137 Å². The highest BCUT2D eigenvalue weighted by atomic mass is 19.3. The maximum absolute atomic E-state index is 13.9. The van der Waals surface area contributed by atoms with Crippen LogP contribution in [-0.2, 0) is 19.1 Å². The third-order valence-electron chi connectivity index (χ3n) is 8.11. The lowest BCUT2D eigenvalue weighted by Crippen LogP contribution is -2.53. The number of anilines is 3. The number of likely N-dealkylation sites (tertiary alicyclic amines) is 1. The molecule has 0 bridgehead atoms. The Morgan fingerprint density at radius 2 is 1.69 bits per heavy atom. The highest BCUT2D eigenvalue weighted by Crippen LogP contribution is 2.30. The van der Waals surface area contributed by atoms with E-state index in [1.54, 1.807) is 16.8 Å². The molecule has 2 aromatic heterocycles. The molecule has 3 fully saturated rings. The Balaban J connectivity index is 1.27. The number of carbonyl (C=O) groups excluding carboxylic acids is 3. The van der Waals surface area contributed by atoms with Crippen LogP contribution in [0.5, 0.6) is 0 Å². The smallest absolute Gasteiger partial charge is 0.281 e. The number of amides is 3. The lowest BCUT2D eigenvalue weighted by molar-refractivity contribution is -0.144. The lowest BCUT2D eigenvalue weighted by Gasteiger charge is -2.37. The Labute approximate surface area is 259 Å². The van der Waals surface area contributed by atoms with E-state index in [9.17, 15) is 23.2 Å². The summed E-state index contributed by atoms with van der Waals surface area (Å²) in [5.41, 5.74) is 4.95. The van der Waals surface area contributed by atoms with E-state index in [0.29, 0.717) is 84.4 Å². The van der Waals surface area contributed by atoms with Crippen molar-refractivity contribution in [2.75, 3.05) is 94.7 Å². The van der Waals surface area contributed by atoms with Gasteiger partial charge in [0, 0.05) is 65.6 Å². The Morgan fingerprint density at radius 3 is 2.33 bits per heavy atom. The Kier molecular flexibility index (Phi) is 9.95. The highest BCUT2D eigenvalue weighted by molar-refractivity contribution is 5.89. The first kappa shape index (κ1) is 31.9. The number of alkyl halides is 2. The van der Waals surface area contributed by atoms with Gasteiger partial charge in [-0.2, -0.15) is 15.0 Å². The lowest BCUT2D eigenvalue weighted by atomic mass is 9.96. The van der Waals surface area contributed by atoms with Gasteiger partial charge in [-0.3, -0.25) is 14.4 Å². The van der Waals surface area contributed by atoms with E-state index < -0.39 is 12.1 Å². The van der Waals surface area contributed by atoms with Gasteiger partial charge in [0.05, 0.1) is 31.2 Å². The predicted molar refractivity (Wildman–Crippen MR) is 159 cm³/mol. The number of rotatable bonds is 8. The summed E-state index contributed by atoms with van der Waals surface area (Å²) in [5, 5.41) is 0. The molecule has 3 amide bonds. The fourth-order valence-electron chi connectivity index (χ4n) is 5.62. The molecule has 15 nitrogen and oxygen atoms in total. The van der Waals surface area contributed by atoms with Crippen molar-refractivity contribution in [3.05, 3.63) is 24.5 Å². The molecule has 2 aromatic rings. The van der Waals surface area contributed by atoms with Crippen molar-refractivity contribution in [1.82, 2.24) is 39.6 Å². The molecule has 45 heavy (non-hydrogen) atoms. The third kappa shape index (κ3) is 7.41. The summed E-state index contributed by atoms with van der Waals surface area (Å²) in [7, 11) is 1.60. The number of likely N-dealkylation sites (N-methyl/N-ethyl adjacent to an activating group) is 1. The van der Waals surface area contributed by atoms with Crippen molar-refractivity contribution in [2.45, 2.75) is 19.3 Å². The van der Waals surface area contributed by atoms with Crippen LogP contribution in [0.1, 0.15) is 25.0 Å². The van der Waals surface area contributed by atoms with Gasteiger partial charge in [-0.25, -0.2) is 18.7 Å². The number of nitrogens with zero attached hydrogens (tertiary/aromatic N) is 10. The number of hydrogen-bond donors (Lipinski definition) is 1. The van der Waals surface area contributed by atoms with Gasteiger partial charge in [-0.1, -0.05) is 6.58 Å². The topological polar surface area (TPSA) is 167 Å². The number of hydrogen-bond acceptors (Lipinski definition) is 12. The van der Waals surface area contributed by atoms with E-state index in [4.69, 9.17) is 10.5 Å². The first-order valence-electron chi connectivity index (χ1n) is 14.8.